The number of hydrogen-bond donors (Lipinski definition) is 1. The molecule has 1 saturated heterocycles. The molecule has 21 heavy (non-hydrogen) atoms. The number of rotatable bonds is 5. The Balaban J connectivity index is 0.00000220. The van der Waals surface area contributed by atoms with Crippen LogP contribution >= 0.6 is 12.4 Å². The minimum absolute atomic E-state index is 0. The Bertz CT molecular complexity index is 467. The molecule has 4 nitrogen and oxygen atoms in total. The third-order valence-corrected chi connectivity index (χ3v) is 4.13. The van der Waals surface area contributed by atoms with Gasteiger partial charge in [0.15, 0.2) is 0 Å². The van der Waals surface area contributed by atoms with Gasteiger partial charge in [0.1, 0.15) is 0 Å². The van der Waals surface area contributed by atoms with Gasteiger partial charge in [-0.3, -0.25) is 9.69 Å². The van der Waals surface area contributed by atoms with Crippen LogP contribution in [0.3, 0.4) is 0 Å². The fraction of sp³-hybridized carbons (Fsp3) is 0.562. The number of nitrogens with one attached hydrogen (secondary N) is 1. The largest absolute Gasteiger partial charge is 0.340 e. The molecule has 2 rings (SSSR count). The van der Waals surface area contributed by atoms with Gasteiger partial charge in [-0.15, -0.1) is 12.4 Å². The van der Waals surface area contributed by atoms with Gasteiger partial charge in [-0.25, -0.2) is 0 Å². The lowest BCUT2D eigenvalue weighted by atomic mass is 10.1. The molecule has 1 amide bonds. The summed E-state index contributed by atoms with van der Waals surface area (Å²) in [5.41, 5.74) is 2.46. The van der Waals surface area contributed by atoms with E-state index in [0.29, 0.717) is 19.1 Å². The van der Waals surface area contributed by atoms with Gasteiger partial charge in [-0.1, -0.05) is 24.3 Å². The molecule has 118 valence electrons. The second kappa shape index (κ2) is 8.37. The van der Waals surface area contributed by atoms with Crippen LogP contribution in [-0.4, -0.2) is 55.5 Å². The van der Waals surface area contributed by atoms with E-state index < -0.39 is 0 Å². The Morgan fingerprint density at radius 2 is 2.14 bits per heavy atom. The maximum atomic E-state index is 12.3. The standard InChI is InChI=1S/C16H25N3O.ClH/c1-13-6-4-5-7-14(13)10-18(3)16(20)12-19-9-8-15(11-19)17-2;/h4-7,15,17H,8-12H2,1-3H3;1H. The lowest BCUT2D eigenvalue weighted by Crippen LogP contribution is -2.38. The number of benzene rings is 1. The van der Waals surface area contributed by atoms with Crippen LogP contribution in [0.15, 0.2) is 24.3 Å². The van der Waals surface area contributed by atoms with Crippen molar-refractivity contribution in [1.82, 2.24) is 15.1 Å². The summed E-state index contributed by atoms with van der Waals surface area (Å²) in [6, 6.07) is 8.77. The monoisotopic (exact) mass is 311 g/mol. The van der Waals surface area contributed by atoms with Gasteiger partial charge in [-0.05, 0) is 31.5 Å². The molecular formula is C16H26ClN3O. The first-order valence-electron chi connectivity index (χ1n) is 7.28. The summed E-state index contributed by atoms with van der Waals surface area (Å²) in [7, 11) is 3.88. The molecule has 5 heteroatoms. The summed E-state index contributed by atoms with van der Waals surface area (Å²) < 4.78 is 0. The number of likely N-dealkylation sites (N-methyl/N-ethyl adjacent to an activating group) is 2. The van der Waals surface area contributed by atoms with Crippen molar-refractivity contribution < 1.29 is 4.79 Å². The molecule has 0 radical (unpaired) electrons. The predicted molar refractivity (Wildman–Crippen MR) is 88.8 cm³/mol. The van der Waals surface area contributed by atoms with Crippen molar-refractivity contribution in [3.8, 4) is 0 Å². The first-order valence-corrected chi connectivity index (χ1v) is 7.28. The maximum Gasteiger partial charge on any atom is 0.236 e. The molecule has 1 aliphatic rings. The quantitative estimate of drug-likeness (QED) is 0.898. The Kier molecular flexibility index (Phi) is 7.15. The van der Waals surface area contributed by atoms with E-state index in [-0.39, 0.29) is 18.3 Å². The van der Waals surface area contributed by atoms with Gasteiger partial charge in [-0.2, -0.15) is 0 Å². The third kappa shape index (κ3) is 4.99. The van der Waals surface area contributed by atoms with E-state index in [1.54, 1.807) is 0 Å². The molecule has 1 atom stereocenters. The van der Waals surface area contributed by atoms with Crippen LogP contribution in [0.25, 0.3) is 0 Å². The van der Waals surface area contributed by atoms with Crippen molar-refractivity contribution in [3.63, 3.8) is 0 Å². The molecule has 1 fully saturated rings. The van der Waals surface area contributed by atoms with E-state index in [4.69, 9.17) is 0 Å². The lowest BCUT2D eigenvalue weighted by molar-refractivity contribution is -0.131. The maximum absolute atomic E-state index is 12.3. The molecule has 1 unspecified atom stereocenters. The van der Waals surface area contributed by atoms with Gasteiger partial charge >= 0.3 is 0 Å². The number of halogens is 1. The first kappa shape index (κ1) is 18.0. The number of carbonyl (C=O) groups excluding carboxylic acids is 1. The highest BCUT2D eigenvalue weighted by molar-refractivity contribution is 5.85. The Labute approximate surface area is 133 Å². The van der Waals surface area contributed by atoms with Gasteiger partial charge in [0.25, 0.3) is 0 Å². The highest BCUT2D eigenvalue weighted by Crippen LogP contribution is 2.11. The van der Waals surface area contributed by atoms with E-state index in [0.717, 1.165) is 19.5 Å². The number of aryl methyl sites for hydroxylation is 1. The fourth-order valence-electron chi connectivity index (χ4n) is 2.66. The van der Waals surface area contributed by atoms with Gasteiger partial charge in [0.05, 0.1) is 6.54 Å². The van der Waals surface area contributed by atoms with E-state index in [2.05, 4.69) is 29.3 Å². The summed E-state index contributed by atoms with van der Waals surface area (Å²) in [6.07, 6.45) is 1.13. The molecule has 0 bridgehead atoms. The number of likely N-dealkylation sites (tertiary alicyclic amines) is 1. The van der Waals surface area contributed by atoms with Gasteiger partial charge in [0.2, 0.25) is 5.91 Å². The van der Waals surface area contributed by atoms with Crippen LogP contribution in [-0.2, 0) is 11.3 Å². The van der Waals surface area contributed by atoms with Crippen LogP contribution < -0.4 is 5.32 Å². The van der Waals surface area contributed by atoms with Crippen molar-refractivity contribution in [2.24, 2.45) is 0 Å². The molecule has 0 aliphatic carbocycles. The smallest absolute Gasteiger partial charge is 0.236 e. The van der Waals surface area contributed by atoms with Crippen molar-refractivity contribution in [3.05, 3.63) is 35.4 Å². The van der Waals surface area contributed by atoms with E-state index >= 15 is 0 Å². The number of carbonyl (C=O) groups is 1. The zero-order chi connectivity index (χ0) is 14.5. The molecule has 0 spiro atoms. The molecular weight excluding hydrogens is 286 g/mol. The molecule has 0 saturated carbocycles. The Morgan fingerprint density at radius 3 is 2.76 bits per heavy atom. The second-order valence-corrected chi connectivity index (χ2v) is 5.69. The number of hydrogen-bond acceptors (Lipinski definition) is 3. The van der Waals surface area contributed by atoms with Crippen molar-refractivity contribution >= 4 is 18.3 Å². The minimum Gasteiger partial charge on any atom is -0.340 e. The highest BCUT2D eigenvalue weighted by Gasteiger charge is 2.23. The molecule has 1 N–H and O–H groups in total. The zero-order valence-corrected chi connectivity index (χ0v) is 13.9. The average Bonchev–Trinajstić information content (AvgIpc) is 2.89. The van der Waals surface area contributed by atoms with Crippen LogP contribution in [0.5, 0.6) is 0 Å². The normalized spacial score (nSPS) is 18.3. The summed E-state index contributed by atoms with van der Waals surface area (Å²) >= 11 is 0. The first-order chi connectivity index (χ1) is 9.60. The lowest BCUT2D eigenvalue weighted by Gasteiger charge is -2.22. The minimum atomic E-state index is 0. The Morgan fingerprint density at radius 1 is 1.43 bits per heavy atom. The van der Waals surface area contributed by atoms with Crippen molar-refractivity contribution in [1.29, 1.82) is 0 Å². The van der Waals surface area contributed by atoms with E-state index in [1.807, 2.05) is 31.1 Å². The average molecular weight is 312 g/mol. The summed E-state index contributed by atoms with van der Waals surface area (Å²) in [4.78, 5) is 16.3. The molecule has 1 aliphatic heterocycles. The number of nitrogens with zero attached hydrogens (tertiary/aromatic N) is 2. The van der Waals surface area contributed by atoms with Gasteiger partial charge < -0.3 is 10.2 Å². The fourth-order valence-corrected chi connectivity index (χ4v) is 2.66. The summed E-state index contributed by atoms with van der Waals surface area (Å²) in [5.74, 6) is 0.199. The summed E-state index contributed by atoms with van der Waals surface area (Å²) in [5, 5.41) is 3.28. The van der Waals surface area contributed by atoms with E-state index in [1.165, 1.54) is 11.1 Å². The molecule has 1 aromatic carbocycles. The number of amides is 1. The van der Waals surface area contributed by atoms with Crippen molar-refractivity contribution in [2.75, 3.05) is 33.7 Å². The topological polar surface area (TPSA) is 35.6 Å². The second-order valence-electron chi connectivity index (χ2n) is 5.69. The molecule has 1 heterocycles. The van der Waals surface area contributed by atoms with E-state index in [9.17, 15) is 4.79 Å². The van der Waals surface area contributed by atoms with Crippen LogP contribution in [0.4, 0.5) is 0 Å². The van der Waals surface area contributed by atoms with Crippen LogP contribution in [0.2, 0.25) is 0 Å². The SMILES string of the molecule is CNC1CCN(CC(=O)N(C)Cc2ccccc2C)C1.Cl. The van der Waals surface area contributed by atoms with Crippen molar-refractivity contribution in [2.45, 2.75) is 25.9 Å². The van der Waals surface area contributed by atoms with Crippen LogP contribution in [0.1, 0.15) is 17.5 Å². The van der Waals surface area contributed by atoms with Crippen LogP contribution in [0, 0.1) is 6.92 Å². The molecule has 0 aromatic heterocycles. The van der Waals surface area contributed by atoms with Gasteiger partial charge in [0, 0.05) is 32.7 Å². The molecule has 1 aromatic rings. The Hall–Kier alpha value is -1.10. The third-order valence-electron chi connectivity index (χ3n) is 4.13. The highest BCUT2D eigenvalue weighted by atomic mass is 35.5. The summed E-state index contributed by atoms with van der Waals surface area (Å²) in [6.45, 7) is 5.29. The zero-order valence-electron chi connectivity index (χ0n) is 13.1. The predicted octanol–water partition coefficient (Wildman–Crippen LogP) is 1.67.